The summed E-state index contributed by atoms with van der Waals surface area (Å²) in [4.78, 5) is 3.74. The molecule has 0 spiro atoms. The SMILES string of the molecule is CC1CN(S(=O)(=O)c2cnc(Cl)s2)CCC1O. The summed E-state index contributed by atoms with van der Waals surface area (Å²) in [5, 5.41) is 9.58. The van der Waals surface area contributed by atoms with Crippen LogP contribution in [0.4, 0.5) is 0 Å². The van der Waals surface area contributed by atoms with Crippen LogP contribution >= 0.6 is 22.9 Å². The molecule has 0 bridgehead atoms. The van der Waals surface area contributed by atoms with Crippen LogP contribution in [-0.2, 0) is 10.0 Å². The topological polar surface area (TPSA) is 70.5 Å². The number of halogens is 1. The highest BCUT2D eigenvalue weighted by atomic mass is 35.5. The Labute approximate surface area is 109 Å². The first-order valence-electron chi connectivity index (χ1n) is 5.21. The molecule has 0 saturated carbocycles. The third-order valence-electron chi connectivity index (χ3n) is 2.87. The summed E-state index contributed by atoms with van der Waals surface area (Å²) in [6.45, 7) is 2.51. The molecule has 1 aliphatic rings. The molecule has 2 rings (SSSR count). The first kappa shape index (κ1) is 13.2. The standard InChI is InChI=1S/C9H13ClN2O3S2/c1-6-5-12(3-2-7(6)13)17(14,15)8-4-11-9(10)16-8/h4,6-7,13H,2-3,5H2,1H3. The van der Waals surface area contributed by atoms with Crippen molar-refractivity contribution >= 4 is 33.0 Å². The zero-order valence-corrected chi connectivity index (χ0v) is 11.6. The van der Waals surface area contributed by atoms with E-state index in [2.05, 4.69) is 4.98 Å². The minimum absolute atomic E-state index is 0.0538. The molecule has 8 heteroatoms. The molecule has 1 aromatic rings. The van der Waals surface area contributed by atoms with E-state index in [1.165, 1.54) is 10.5 Å². The number of rotatable bonds is 2. The van der Waals surface area contributed by atoms with E-state index >= 15 is 0 Å². The Morgan fingerprint density at radius 2 is 2.35 bits per heavy atom. The van der Waals surface area contributed by atoms with E-state index in [1.807, 2.05) is 6.92 Å². The highest BCUT2D eigenvalue weighted by molar-refractivity contribution is 7.91. The van der Waals surface area contributed by atoms with E-state index in [0.717, 1.165) is 11.3 Å². The van der Waals surface area contributed by atoms with Crippen molar-refractivity contribution in [2.24, 2.45) is 5.92 Å². The van der Waals surface area contributed by atoms with Gasteiger partial charge >= 0.3 is 0 Å². The summed E-state index contributed by atoms with van der Waals surface area (Å²) in [6, 6.07) is 0. The molecule has 5 nitrogen and oxygen atoms in total. The molecular formula is C9H13ClN2O3S2. The molecule has 0 radical (unpaired) electrons. The predicted octanol–water partition coefficient (Wildman–Crippen LogP) is 1.19. The second-order valence-corrected chi connectivity index (χ2v) is 7.91. The lowest BCUT2D eigenvalue weighted by Crippen LogP contribution is -2.44. The summed E-state index contributed by atoms with van der Waals surface area (Å²) in [6.07, 6.45) is 1.32. The van der Waals surface area contributed by atoms with Crippen LogP contribution < -0.4 is 0 Å². The van der Waals surface area contributed by atoms with Gasteiger partial charge in [-0.05, 0) is 12.3 Å². The molecule has 1 N–H and O–H groups in total. The van der Waals surface area contributed by atoms with E-state index < -0.39 is 16.1 Å². The van der Waals surface area contributed by atoms with Crippen LogP contribution in [0.2, 0.25) is 4.47 Å². The van der Waals surface area contributed by atoms with Crippen LogP contribution in [0, 0.1) is 5.92 Å². The molecule has 1 saturated heterocycles. The van der Waals surface area contributed by atoms with Gasteiger partial charge in [0.05, 0.1) is 12.3 Å². The molecule has 0 aliphatic carbocycles. The smallest absolute Gasteiger partial charge is 0.254 e. The van der Waals surface area contributed by atoms with Crippen LogP contribution in [0.3, 0.4) is 0 Å². The molecule has 1 fully saturated rings. The second-order valence-electron chi connectivity index (χ2n) is 4.13. The van der Waals surface area contributed by atoms with E-state index in [4.69, 9.17) is 11.6 Å². The first-order chi connectivity index (χ1) is 7.91. The second kappa shape index (κ2) is 4.81. The van der Waals surface area contributed by atoms with Crippen molar-refractivity contribution in [3.63, 3.8) is 0 Å². The zero-order chi connectivity index (χ0) is 12.6. The van der Waals surface area contributed by atoms with Gasteiger partial charge in [0, 0.05) is 13.1 Å². The molecule has 0 amide bonds. The molecule has 96 valence electrons. The molecule has 0 aromatic carbocycles. The summed E-state index contributed by atoms with van der Waals surface area (Å²) < 4.78 is 26.2. The molecule has 2 heterocycles. The lowest BCUT2D eigenvalue weighted by atomic mass is 9.99. The molecule has 1 aliphatic heterocycles. The Bertz CT molecular complexity index is 502. The molecule has 2 atom stereocenters. The Morgan fingerprint density at radius 3 is 2.88 bits per heavy atom. The summed E-state index contributed by atoms with van der Waals surface area (Å²) in [5.74, 6) is -0.0538. The Kier molecular flexibility index (Phi) is 3.74. The highest BCUT2D eigenvalue weighted by Crippen LogP contribution is 2.28. The van der Waals surface area contributed by atoms with Crippen molar-refractivity contribution in [3.05, 3.63) is 10.7 Å². The minimum atomic E-state index is -3.50. The number of nitrogens with zero attached hydrogens (tertiary/aromatic N) is 2. The van der Waals surface area contributed by atoms with Crippen molar-refractivity contribution in [1.82, 2.24) is 9.29 Å². The van der Waals surface area contributed by atoms with Gasteiger partial charge < -0.3 is 5.11 Å². The van der Waals surface area contributed by atoms with Crippen LogP contribution in [0.15, 0.2) is 10.4 Å². The van der Waals surface area contributed by atoms with Crippen LogP contribution in [0.5, 0.6) is 0 Å². The fraction of sp³-hybridized carbons (Fsp3) is 0.667. The predicted molar refractivity (Wildman–Crippen MR) is 65.7 cm³/mol. The van der Waals surface area contributed by atoms with E-state index in [-0.39, 0.29) is 14.6 Å². The van der Waals surface area contributed by atoms with Crippen molar-refractivity contribution in [3.8, 4) is 0 Å². The number of hydrogen-bond acceptors (Lipinski definition) is 5. The van der Waals surface area contributed by atoms with Gasteiger partial charge in [-0.1, -0.05) is 29.9 Å². The average Bonchev–Trinajstić information content (AvgIpc) is 2.69. The Hall–Kier alpha value is -0.210. The highest BCUT2D eigenvalue weighted by Gasteiger charge is 2.33. The van der Waals surface area contributed by atoms with Gasteiger partial charge in [-0.15, -0.1) is 0 Å². The van der Waals surface area contributed by atoms with Crippen LogP contribution in [0.25, 0.3) is 0 Å². The van der Waals surface area contributed by atoms with Crippen LogP contribution in [0.1, 0.15) is 13.3 Å². The fourth-order valence-corrected chi connectivity index (χ4v) is 4.80. The van der Waals surface area contributed by atoms with E-state index in [9.17, 15) is 13.5 Å². The third-order valence-corrected chi connectivity index (χ3v) is 6.29. The number of sulfonamides is 1. The fourth-order valence-electron chi connectivity index (χ4n) is 1.80. The van der Waals surface area contributed by atoms with Crippen molar-refractivity contribution in [2.75, 3.05) is 13.1 Å². The number of thiazole rings is 1. The Morgan fingerprint density at radius 1 is 1.65 bits per heavy atom. The minimum Gasteiger partial charge on any atom is -0.393 e. The van der Waals surface area contributed by atoms with Crippen molar-refractivity contribution < 1.29 is 13.5 Å². The van der Waals surface area contributed by atoms with Gasteiger partial charge in [0.15, 0.2) is 8.68 Å². The third kappa shape index (κ3) is 2.63. The number of aliphatic hydroxyl groups excluding tert-OH is 1. The number of aliphatic hydroxyl groups is 1. The number of piperidine rings is 1. The maximum Gasteiger partial charge on any atom is 0.254 e. The van der Waals surface area contributed by atoms with Gasteiger partial charge in [-0.3, -0.25) is 0 Å². The van der Waals surface area contributed by atoms with Gasteiger partial charge in [0.25, 0.3) is 10.0 Å². The van der Waals surface area contributed by atoms with Crippen LogP contribution in [-0.4, -0.2) is 42.0 Å². The molecule has 17 heavy (non-hydrogen) atoms. The molecule has 2 unspecified atom stereocenters. The largest absolute Gasteiger partial charge is 0.393 e. The van der Waals surface area contributed by atoms with Gasteiger partial charge in [-0.2, -0.15) is 4.31 Å². The molecular weight excluding hydrogens is 284 g/mol. The van der Waals surface area contributed by atoms with Gasteiger partial charge in [-0.25, -0.2) is 13.4 Å². The zero-order valence-electron chi connectivity index (χ0n) is 9.21. The normalized spacial score (nSPS) is 27.2. The van der Waals surface area contributed by atoms with E-state index in [0.29, 0.717) is 19.5 Å². The lowest BCUT2D eigenvalue weighted by molar-refractivity contribution is 0.0629. The lowest BCUT2D eigenvalue weighted by Gasteiger charge is -2.32. The summed E-state index contributed by atoms with van der Waals surface area (Å²) >= 11 is 6.59. The maximum absolute atomic E-state index is 12.2. The van der Waals surface area contributed by atoms with Crippen molar-refractivity contribution in [1.29, 1.82) is 0 Å². The average molecular weight is 297 g/mol. The van der Waals surface area contributed by atoms with Crippen molar-refractivity contribution in [2.45, 2.75) is 23.7 Å². The van der Waals surface area contributed by atoms with E-state index in [1.54, 1.807) is 0 Å². The van der Waals surface area contributed by atoms with Gasteiger partial charge in [0.1, 0.15) is 0 Å². The number of aromatic nitrogens is 1. The summed E-state index contributed by atoms with van der Waals surface area (Å²) in [7, 11) is -3.50. The monoisotopic (exact) mass is 296 g/mol. The summed E-state index contributed by atoms with van der Waals surface area (Å²) in [5.41, 5.74) is 0. The first-order valence-corrected chi connectivity index (χ1v) is 7.84. The Balaban J connectivity index is 2.22. The van der Waals surface area contributed by atoms with Gasteiger partial charge in [0.2, 0.25) is 0 Å². The maximum atomic E-state index is 12.2. The number of hydrogen-bond donors (Lipinski definition) is 1. The quantitative estimate of drug-likeness (QED) is 0.890. The molecule has 1 aromatic heterocycles.